The Morgan fingerprint density at radius 2 is 2.00 bits per heavy atom. The quantitative estimate of drug-likeness (QED) is 0.658. The first-order chi connectivity index (χ1) is 5.84. The molecule has 1 heterocycles. The summed E-state index contributed by atoms with van der Waals surface area (Å²) in [6, 6.07) is 9.45. The predicted octanol–water partition coefficient (Wildman–Crippen LogP) is 0.911. The van der Waals surface area contributed by atoms with Gasteiger partial charge in [-0.3, -0.25) is 4.79 Å². The third-order valence-corrected chi connectivity index (χ3v) is 1.71. The van der Waals surface area contributed by atoms with Gasteiger partial charge in [0.25, 0.3) is 0 Å². The van der Waals surface area contributed by atoms with E-state index in [1.807, 2.05) is 30.3 Å². The first-order valence-electron chi connectivity index (χ1n) is 3.86. The molecule has 0 spiro atoms. The fraction of sp³-hybridized carbons (Fsp3) is 0.222. The Balaban J connectivity index is 1.92. The van der Waals surface area contributed by atoms with Crippen LogP contribution in [0, 0.1) is 0 Å². The van der Waals surface area contributed by atoms with Crippen molar-refractivity contribution in [1.29, 1.82) is 0 Å². The van der Waals surface area contributed by atoms with E-state index >= 15 is 0 Å². The van der Waals surface area contributed by atoms with Crippen LogP contribution in [-0.2, 0) is 4.79 Å². The number of ether oxygens (including phenoxy) is 1. The van der Waals surface area contributed by atoms with Crippen LogP contribution in [0.2, 0.25) is 0 Å². The van der Waals surface area contributed by atoms with Gasteiger partial charge in [-0.1, -0.05) is 18.2 Å². The first kappa shape index (κ1) is 7.16. The summed E-state index contributed by atoms with van der Waals surface area (Å²) in [5, 5.41) is 2.63. The first-order valence-corrected chi connectivity index (χ1v) is 3.86. The average Bonchev–Trinajstić information content (AvgIpc) is 2.04. The Hall–Kier alpha value is -1.51. The molecule has 1 N–H and O–H groups in total. The summed E-state index contributed by atoms with van der Waals surface area (Å²) in [6.07, 6.45) is 0.342. The number of carbonyl (C=O) groups is 1. The van der Waals surface area contributed by atoms with E-state index in [9.17, 15) is 4.79 Å². The number of hydrogen-bond donors (Lipinski definition) is 1. The molecular formula is C9H9NO2. The summed E-state index contributed by atoms with van der Waals surface area (Å²) in [4.78, 5) is 10.5. The molecular weight excluding hydrogens is 154 g/mol. The minimum Gasteiger partial charge on any atom is -0.470 e. The minimum atomic E-state index is -0.125. The zero-order chi connectivity index (χ0) is 8.39. The van der Waals surface area contributed by atoms with Crippen molar-refractivity contribution in [2.45, 2.75) is 12.6 Å². The highest BCUT2D eigenvalue weighted by molar-refractivity contribution is 5.82. The van der Waals surface area contributed by atoms with Gasteiger partial charge in [0.2, 0.25) is 5.91 Å². The number of hydrogen-bond acceptors (Lipinski definition) is 2. The second-order valence-electron chi connectivity index (χ2n) is 2.69. The van der Waals surface area contributed by atoms with Crippen LogP contribution in [0.3, 0.4) is 0 Å². The molecule has 12 heavy (non-hydrogen) atoms. The number of benzene rings is 1. The van der Waals surface area contributed by atoms with Crippen LogP contribution < -0.4 is 10.1 Å². The molecule has 1 aliphatic heterocycles. The second kappa shape index (κ2) is 2.85. The largest absolute Gasteiger partial charge is 0.470 e. The highest BCUT2D eigenvalue weighted by Gasteiger charge is 2.26. The highest BCUT2D eigenvalue weighted by Crippen LogP contribution is 2.14. The van der Waals surface area contributed by atoms with Gasteiger partial charge in [-0.05, 0) is 12.1 Å². The standard InChI is InChI=1S/C9H9NO2/c11-8-6-9(10-8)12-7-4-2-1-3-5-7/h1-5,9H,6H2,(H,10,11)/t9-/m0/s1. The van der Waals surface area contributed by atoms with Crippen molar-refractivity contribution in [2.75, 3.05) is 0 Å². The van der Waals surface area contributed by atoms with Gasteiger partial charge in [-0.2, -0.15) is 0 Å². The summed E-state index contributed by atoms with van der Waals surface area (Å²) in [6.45, 7) is 0. The average molecular weight is 163 g/mol. The third kappa shape index (κ3) is 1.39. The van der Waals surface area contributed by atoms with Gasteiger partial charge in [0, 0.05) is 0 Å². The lowest BCUT2D eigenvalue weighted by molar-refractivity contribution is -0.134. The van der Waals surface area contributed by atoms with Crippen molar-refractivity contribution >= 4 is 5.91 Å². The number of carbonyl (C=O) groups excluding carboxylic acids is 1. The SMILES string of the molecule is O=C1C[C@H](Oc2ccccc2)N1. The molecule has 0 aromatic heterocycles. The number of para-hydroxylation sites is 1. The lowest BCUT2D eigenvalue weighted by Gasteiger charge is -2.27. The smallest absolute Gasteiger partial charge is 0.228 e. The van der Waals surface area contributed by atoms with E-state index in [4.69, 9.17) is 4.74 Å². The molecule has 1 amide bonds. The van der Waals surface area contributed by atoms with Crippen LogP contribution in [0.25, 0.3) is 0 Å². The summed E-state index contributed by atoms with van der Waals surface area (Å²) < 4.78 is 5.39. The van der Waals surface area contributed by atoms with Gasteiger partial charge < -0.3 is 10.1 Å². The van der Waals surface area contributed by atoms with Crippen LogP contribution in [0.1, 0.15) is 6.42 Å². The van der Waals surface area contributed by atoms with Crippen molar-refractivity contribution in [2.24, 2.45) is 0 Å². The zero-order valence-electron chi connectivity index (χ0n) is 6.49. The topological polar surface area (TPSA) is 38.3 Å². The maximum atomic E-state index is 10.5. The Bertz CT molecular complexity index is 276. The number of amides is 1. The van der Waals surface area contributed by atoms with E-state index in [2.05, 4.69) is 5.32 Å². The lowest BCUT2D eigenvalue weighted by atomic mass is 10.2. The van der Waals surface area contributed by atoms with Crippen molar-refractivity contribution < 1.29 is 9.53 Å². The minimum absolute atomic E-state index is 0.0518. The van der Waals surface area contributed by atoms with E-state index < -0.39 is 0 Å². The van der Waals surface area contributed by atoms with E-state index in [-0.39, 0.29) is 12.1 Å². The molecule has 1 fully saturated rings. The molecule has 0 bridgehead atoms. The van der Waals surface area contributed by atoms with E-state index in [1.165, 1.54) is 0 Å². The van der Waals surface area contributed by atoms with Gasteiger partial charge in [-0.15, -0.1) is 0 Å². The molecule has 0 radical (unpaired) electrons. The molecule has 0 saturated carbocycles. The van der Waals surface area contributed by atoms with E-state index in [0.29, 0.717) is 6.42 Å². The summed E-state index contributed by atoms with van der Waals surface area (Å²) in [5.41, 5.74) is 0. The molecule has 0 aliphatic carbocycles. The second-order valence-corrected chi connectivity index (χ2v) is 2.69. The fourth-order valence-electron chi connectivity index (χ4n) is 1.06. The molecule has 62 valence electrons. The van der Waals surface area contributed by atoms with Crippen LogP contribution in [0.15, 0.2) is 30.3 Å². The maximum absolute atomic E-state index is 10.5. The van der Waals surface area contributed by atoms with Gasteiger partial charge in [-0.25, -0.2) is 0 Å². The molecule has 3 heteroatoms. The molecule has 2 rings (SSSR count). The van der Waals surface area contributed by atoms with Gasteiger partial charge in [0.15, 0.2) is 6.23 Å². The van der Waals surface area contributed by atoms with Crippen molar-refractivity contribution in [1.82, 2.24) is 5.32 Å². The van der Waals surface area contributed by atoms with E-state index in [1.54, 1.807) is 0 Å². The van der Waals surface area contributed by atoms with Gasteiger partial charge in [0.05, 0.1) is 6.42 Å². The van der Waals surface area contributed by atoms with E-state index in [0.717, 1.165) is 5.75 Å². The Morgan fingerprint density at radius 1 is 1.33 bits per heavy atom. The lowest BCUT2D eigenvalue weighted by Crippen LogP contribution is -2.51. The van der Waals surface area contributed by atoms with Crippen LogP contribution in [0.4, 0.5) is 0 Å². The van der Waals surface area contributed by atoms with Crippen molar-refractivity contribution in [3.05, 3.63) is 30.3 Å². The summed E-state index contributed by atoms with van der Waals surface area (Å²) >= 11 is 0. The molecule has 1 saturated heterocycles. The molecule has 1 aromatic rings. The molecule has 1 aliphatic rings. The van der Waals surface area contributed by atoms with Gasteiger partial charge >= 0.3 is 0 Å². The fourth-order valence-corrected chi connectivity index (χ4v) is 1.06. The summed E-state index contributed by atoms with van der Waals surface area (Å²) in [5.74, 6) is 0.846. The monoisotopic (exact) mass is 163 g/mol. The maximum Gasteiger partial charge on any atom is 0.228 e. The Kier molecular flexibility index (Phi) is 1.70. The summed E-state index contributed by atoms with van der Waals surface area (Å²) in [7, 11) is 0. The normalized spacial score (nSPS) is 21.0. The Labute approximate surface area is 70.3 Å². The van der Waals surface area contributed by atoms with Crippen LogP contribution >= 0.6 is 0 Å². The predicted molar refractivity (Wildman–Crippen MR) is 43.6 cm³/mol. The zero-order valence-corrected chi connectivity index (χ0v) is 6.49. The van der Waals surface area contributed by atoms with Crippen molar-refractivity contribution in [3.63, 3.8) is 0 Å². The van der Waals surface area contributed by atoms with Crippen LogP contribution in [-0.4, -0.2) is 12.1 Å². The Morgan fingerprint density at radius 3 is 2.58 bits per heavy atom. The molecule has 1 atom stereocenters. The van der Waals surface area contributed by atoms with Crippen molar-refractivity contribution in [3.8, 4) is 5.75 Å². The number of β-lactam (4-membered cyclic amide) rings is 1. The molecule has 1 aromatic carbocycles. The molecule has 3 nitrogen and oxygen atoms in total. The number of nitrogens with one attached hydrogen (secondary N) is 1. The molecule has 0 unspecified atom stereocenters. The highest BCUT2D eigenvalue weighted by atomic mass is 16.5. The third-order valence-electron chi connectivity index (χ3n) is 1.71. The number of rotatable bonds is 2. The van der Waals surface area contributed by atoms with Gasteiger partial charge in [0.1, 0.15) is 5.75 Å². The van der Waals surface area contributed by atoms with Crippen LogP contribution in [0.5, 0.6) is 5.75 Å².